The molecular formula is C13H24N2O2. The molecular weight excluding hydrogens is 216 g/mol. The number of aliphatic hydroxyl groups is 1. The average molecular weight is 240 g/mol. The van der Waals surface area contributed by atoms with Gasteiger partial charge in [-0.15, -0.1) is 0 Å². The Labute approximate surface area is 103 Å². The fourth-order valence-corrected chi connectivity index (χ4v) is 2.82. The van der Waals surface area contributed by atoms with Crippen molar-refractivity contribution >= 4 is 5.91 Å². The Balaban J connectivity index is 1.65. The van der Waals surface area contributed by atoms with Crippen LogP contribution in [0.25, 0.3) is 0 Å². The summed E-state index contributed by atoms with van der Waals surface area (Å²) in [5.74, 6) is 0.0999. The molecule has 2 N–H and O–H groups in total. The minimum absolute atomic E-state index is 0.00479. The van der Waals surface area contributed by atoms with E-state index in [1.54, 1.807) is 0 Å². The van der Waals surface area contributed by atoms with Crippen LogP contribution >= 0.6 is 0 Å². The van der Waals surface area contributed by atoms with Crippen LogP contribution in [-0.4, -0.2) is 47.7 Å². The smallest absolute Gasteiger partial charge is 0.221 e. The highest BCUT2D eigenvalue weighted by atomic mass is 16.3. The largest absolute Gasteiger partial charge is 0.391 e. The van der Waals surface area contributed by atoms with Gasteiger partial charge in [0.2, 0.25) is 5.91 Å². The van der Waals surface area contributed by atoms with Gasteiger partial charge in [0.25, 0.3) is 0 Å². The molecule has 0 bridgehead atoms. The van der Waals surface area contributed by atoms with Crippen molar-refractivity contribution in [2.75, 3.05) is 19.6 Å². The van der Waals surface area contributed by atoms with Crippen molar-refractivity contribution in [3.63, 3.8) is 0 Å². The standard InChI is InChI=1S/C13H24N2O2/c16-12-6-2-1-5-11(12)14-13(17)7-10-15-8-3-4-9-15/h11-12,16H,1-10H2,(H,14,17)/t11-,12-/m1/s1. The van der Waals surface area contributed by atoms with E-state index in [0.29, 0.717) is 6.42 Å². The van der Waals surface area contributed by atoms with Crippen LogP contribution in [0, 0.1) is 0 Å². The van der Waals surface area contributed by atoms with Gasteiger partial charge in [0.05, 0.1) is 12.1 Å². The van der Waals surface area contributed by atoms with Gasteiger partial charge in [-0.1, -0.05) is 12.8 Å². The van der Waals surface area contributed by atoms with Crippen molar-refractivity contribution in [3.8, 4) is 0 Å². The van der Waals surface area contributed by atoms with Crippen LogP contribution in [-0.2, 0) is 4.79 Å². The number of amides is 1. The molecule has 1 saturated heterocycles. The molecule has 2 rings (SSSR count). The highest BCUT2D eigenvalue weighted by Crippen LogP contribution is 2.18. The second-order valence-corrected chi connectivity index (χ2v) is 5.32. The summed E-state index contributed by atoms with van der Waals surface area (Å²) in [7, 11) is 0. The van der Waals surface area contributed by atoms with Crippen molar-refractivity contribution in [2.24, 2.45) is 0 Å². The van der Waals surface area contributed by atoms with Crippen LogP contribution in [0.5, 0.6) is 0 Å². The molecule has 1 saturated carbocycles. The van der Waals surface area contributed by atoms with Gasteiger partial charge in [-0.05, 0) is 38.8 Å². The Bertz CT molecular complexity index is 252. The number of rotatable bonds is 4. The molecule has 2 aliphatic rings. The first-order valence-electron chi connectivity index (χ1n) is 6.95. The van der Waals surface area contributed by atoms with E-state index in [9.17, 15) is 9.90 Å². The summed E-state index contributed by atoms with van der Waals surface area (Å²) in [6, 6.07) is -0.00479. The topological polar surface area (TPSA) is 52.6 Å². The van der Waals surface area contributed by atoms with E-state index in [1.165, 1.54) is 12.8 Å². The van der Waals surface area contributed by atoms with Crippen LogP contribution in [0.3, 0.4) is 0 Å². The van der Waals surface area contributed by atoms with Crippen molar-refractivity contribution < 1.29 is 9.90 Å². The van der Waals surface area contributed by atoms with E-state index >= 15 is 0 Å². The van der Waals surface area contributed by atoms with Crippen molar-refractivity contribution in [1.82, 2.24) is 10.2 Å². The molecule has 2 fully saturated rings. The van der Waals surface area contributed by atoms with Gasteiger partial charge in [0, 0.05) is 13.0 Å². The van der Waals surface area contributed by atoms with Crippen LogP contribution < -0.4 is 5.32 Å². The molecule has 98 valence electrons. The third-order valence-electron chi connectivity index (χ3n) is 3.93. The molecule has 0 aromatic heterocycles. The van der Waals surface area contributed by atoms with E-state index in [2.05, 4.69) is 10.2 Å². The second kappa shape index (κ2) is 6.36. The number of nitrogens with one attached hydrogen (secondary N) is 1. The molecule has 1 heterocycles. The third-order valence-corrected chi connectivity index (χ3v) is 3.93. The minimum atomic E-state index is -0.334. The molecule has 0 spiro atoms. The van der Waals surface area contributed by atoms with E-state index < -0.39 is 0 Å². The van der Waals surface area contributed by atoms with Gasteiger partial charge in [-0.3, -0.25) is 4.79 Å². The predicted molar refractivity (Wildman–Crippen MR) is 66.7 cm³/mol. The fourth-order valence-electron chi connectivity index (χ4n) is 2.82. The average Bonchev–Trinajstić information content (AvgIpc) is 2.82. The van der Waals surface area contributed by atoms with Gasteiger partial charge in [0.15, 0.2) is 0 Å². The molecule has 17 heavy (non-hydrogen) atoms. The zero-order valence-electron chi connectivity index (χ0n) is 10.5. The molecule has 0 unspecified atom stereocenters. The second-order valence-electron chi connectivity index (χ2n) is 5.32. The van der Waals surface area contributed by atoms with Gasteiger partial charge < -0.3 is 15.3 Å². The van der Waals surface area contributed by atoms with Crippen molar-refractivity contribution in [3.05, 3.63) is 0 Å². The Morgan fingerprint density at radius 2 is 1.88 bits per heavy atom. The molecule has 1 amide bonds. The molecule has 1 aliphatic heterocycles. The summed E-state index contributed by atoms with van der Waals surface area (Å²) in [5.41, 5.74) is 0. The maximum absolute atomic E-state index is 11.8. The summed E-state index contributed by atoms with van der Waals surface area (Å²) >= 11 is 0. The molecule has 0 aromatic rings. The fraction of sp³-hybridized carbons (Fsp3) is 0.923. The first kappa shape index (κ1) is 12.8. The van der Waals surface area contributed by atoms with Gasteiger partial charge >= 0.3 is 0 Å². The Hall–Kier alpha value is -0.610. The highest BCUT2D eigenvalue weighted by molar-refractivity contribution is 5.76. The zero-order valence-corrected chi connectivity index (χ0v) is 10.5. The predicted octanol–water partition coefficient (Wildman–Crippen LogP) is 0.892. The summed E-state index contributed by atoms with van der Waals surface area (Å²) in [6.45, 7) is 3.15. The highest BCUT2D eigenvalue weighted by Gasteiger charge is 2.24. The lowest BCUT2D eigenvalue weighted by Crippen LogP contribution is -2.45. The number of carbonyl (C=O) groups is 1. The maximum Gasteiger partial charge on any atom is 0.221 e. The quantitative estimate of drug-likeness (QED) is 0.767. The van der Waals surface area contributed by atoms with Gasteiger partial charge in [0.1, 0.15) is 0 Å². The van der Waals surface area contributed by atoms with E-state index in [0.717, 1.165) is 45.3 Å². The lowest BCUT2D eigenvalue weighted by atomic mass is 9.92. The summed E-state index contributed by atoms with van der Waals surface area (Å²) in [6.07, 6.45) is 6.73. The Morgan fingerprint density at radius 3 is 2.59 bits per heavy atom. The molecule has 2 atom stereocenters. The number of nitrogens with zero attached hydrogens (tertiary/aromatic N) is 1. The number of aliphatic hydroxyl groups excluding tert-OH is 1. The van der Waals surface area contributed by atoms with E-state index in [-0.39, 0.29) is 18.1 Å². The number of hydrogen-bond donors (Lipinski definition) is 2. The van der Waals surface area contributed by atoms with E-state index in [1.807, 2.05) is 0 Å². The van der Waals surface area contributed by atoms with Crippen molar-refractivity contribution in [2.45, 2.75) is 57.1 Å². The summed E-state index contributed by atoms with van der Waals surface area (Å²) in [4.78, 5) is 14.1. The van der Waals surface area contributed by atoms with Crippen molar-refractivity contribution in [1.29, 1.82) is 0 Å². The molecule has 4 heteroatoms. The lowest BCUT2D eigenvalue weighted by molar-refractivity contribution is -0.123. The van der Waals surface area contributed by atoms with Crippen LogP contribution in [0.4, 0.5) is 0 Å². The SMILES string of the molecule is O=C(CCN1CCCC1)N[C@@H]1CCCC[C@H]1O. The normalized spacial score (nSPS) is 30.4. The summed E-state index contributed by atoms with van der Waals surface area (Å²) in [5, 5.41) is 12.7. The first-order chi connectivity index (χ1) is 8.25. The lowest BCUT2D eigenvalue weighted by Gasteiger charge is -2.28. The molecule has 0 radical (unpaired) electrons. The van der Waals surface area contributed by atoms with E-state index in [4.69, 9.17) is 0 Å². The van der Waals surface area contributed by atoms with Crippen LogP contribution in [0.2, 0.25) is 0 Å². The number of likely N-dealkylation sites (tertiary alicyclic amines) is 1. The first-order valence-corrected chi connectivity index (χ1v) is 6.95. The monoisotopic (exact) mass is 240 g/mol. The van der Waals surface area contributed by atoms with Gasteiger partial charge in [-0.2, -0.15) is 0 Å². The Morgan fingerprint density at radius 1 is 1.18 bits per heavy atom. The molecule has 4 nitrogen and oxygen atoms in total. The zero-order chi connectivity index (χ0) is 12.1. The maximum atomic E-state index is 11.8. The number of hydrogen-bond acceptors (Lipinski definition) is 3. The molecule has 1 aliphatic carbocycles. The van der Waals surface area contributed by atoms with Crippen LogP contribution in [0.1, 0.15) is 44.9 Å². The summed E-state index contributed by atoms with van der Waals surface area (Å²) < 4.78 is 0. The van der Waals surface area contributed by atoms with Crippen LogP contribution in [0.15, 0.2) is 0 Å². The van der Waals surface area contributed by atoms with Gasteiger partial charge in [-0.25, -0.2) is 0 Å². The minimum Gasteiger partial charge on any atom is -0.391 e. The number of carbonyl (C=O) groups excluding carboxylic acids is 1. The molecule has 0 aromatic carbocycles. The Kier molecular flexibility index (Phi) is 4.80. The third kappa shape index (κ3) is 3.96.